The summed E-state index contributed by atoms with van der Waals surface area (Å²) in [5, 5.41) is 12.6. The van der Waals surface area contributed by atoms with Crippen molar-refractivity contribution in [3.8, 4) is 0 Å². The number of nitrogens with zero attached hydrogens (tertiary/aromatic N) is 3. The number of pyridine rings is 1. The van der Waals surface area contributed by atoms with Crippen LogP contribution in [0.15, 0.2) is 36.5 Å². The second kappa shape index (κ2) is 7.20. The molecule has 7 nitrogen and oxygen atoms in total. The van der Waals surface area contributed by atoms with Crippen LogP contribution in [0.5, 0.6) is 0 Å². The highest BCUT2D eigenvalue weighted by molar-refractivity contribution is 6.06. The molecule has 1 aromatic carbocycles. The number of aromatic amines is 2. The Labute approximate surface area is 180 Å². The van der Waals surface area contributed by atoms with Crippen LogP contribution in [0.4, 0.5) is 5.82 Å². The number of nitrogens with one attached hydrogen (secondary N) is 3. The Morgan fingerprint density at radius 2 is 2.13 bits per heavy atom. The van der Waals surface area contributed by atoms with E-state index in [1.165, 1.54) is 31.4 Å². The summed E-state index contributed by atoms with van der Waals surface area (Å²) in [6, 6.07) is 10.4. The van der Waals surface area contributed by atoms with Gasteiger partial charge in [0, 0.05) is 58.5 Å². The number of H-pyrrole nitrogens is 2. The number of rotatable bonds is 5. The predicted octanol–water partition coefficient (Wildman–Crippen LogP) is 4.55. The monoisotopic (exact) mass is 414 g/mol. The molecular weight excluding hydrogens is 388 g/mol. The minimum absolute atomic E-state index is 0.158. The molecule has 3 N–H and O–H groups in total. The van der Waals surface area contributed by atoms with Crippen molar-refractivity contribution in [2.24, 2.45) is 0 Å². The number of hydrogen-bond acceptors (Lipinski definition) is 4. The minimum Gasteiger partial charge on any atom is -0.357 e. The van der Waals surface area contributed by atoms with Crippen LogP contribution in [0.1, 0.15) is 60.3 Å². The summed E-state index contributed by atoms with van der Waals surface area (Å²) in [6.45, 7) is 4.37. The van der Waals surface area contributed by atoms with E-state index in [1.54, 1.807) is 0 Å². The second-order valence-corrected chi connectivity index (χ2v) is 9.01. The first kappa shape index (κ1) is 18.6. The largest absolute Gasteiger partial charge is 0.357 e. The van der Waals surface area contributed by atoms with Gasteiger partial charge in [0.05, 0.1) is 11.0 Å². The average molecular weight is 415 g/mol. The van der Waals surface area contributed by atoms with E-state index in [1.807, 2.05) is 30.5 Å². The summed E-state index contributed by atoms with van der Waals surface area (Å²) in [4.78, 5) is 23.3. The molecule has 158 valence electrons. The Bertz CT molecular complexity index is 1280. The zero-order valence-corrected chi connectivity index (χ0v) is 17.6. The van der Waals surface area contributed by atoms with Crippen LogP contribution in [0, 0.1) is 0 Å². The molecule has 3 aromatic heterocycles. The molecule has 4 heterocycles. The summed E-state index contributed by atoms with van der Waals surface area (Å²) < 4.78 is 0. The van der Waals surface area contributed by atoms with Gasteiger partial charge in [-0.25, -0.2) is 4.98 Å². The summed E-state index contributed by atoms with van der Waals surface area (Å²) in [5.74, 6) is 0.947. The number of benzene rings is 1. The molecule has 0 unspecified atom stereocenters. The van der Waals surface area contributed by atoms with Gasteiger partial charge in [-0.05, 0) is 63.4 Å². The van der Waals surface area contributed by atoms with Crippen molar-refractivity contribution in [1.82, 2.24) is 25.1 Å². The molecule has 1 saturated carbocycles. The fraction of sp³-hybridized carbons (Fsp3) is 0.375. The maximum absolute atomic E-state index is 12.9. The fourth-order valence-electron chi connectivity index (χ4n) is 4.73. The molecule has 4 aromatic rings. The van der Waals surface area contributed by atoms with Gasteiger partial charge in [-0.3, -0.25) is 14.8 Å². The molecule has 1 atom stereocenters. The number of anilines is 1. The van der Waals surface area contributed by atoms with Gasteiger partial charge in [-0.1, -0.05) is 0 Å². The molecule has 1 aliphatic carbocycles. The topological polar surface area (TPSA) is 89.7 Å². The Morgan fingerprint density at radius 1 is 1.23 bits per heavy atom. The quantitative estimate of drug-likeness (QED) is 0.447. The van der Waals surface area contributed by atoms with Gasteiger partial charge in [0.2, 0.25) is 0 Å². The fourth-order valence-corrected chi connectivity index (χ4v) is 4.73. The molecule has 6 rings (SSSR count). The van der Waals surface area contributed by atoms with E-state index in [9.17, 15) is 4.79 Å². The van der Waals surface area contributed by atoms with Gasteiger partial charge < -0.3 is 10.3 Å². The van der Waals surface area contributed by atoms with Crippen LogP contribution in [0.3, 0.4) is 0 Å². The Hall–Kier alpha value is -3.19. The molecule has 2 aliphatic rings. The van der Waals surface area contributed by atoms with Gasteiger partial charge in [0.1, 0.15) is 5.82 Å². The maximum Gasteiger partial charge on any atom is 0.256 e. The molecule has 0 spiro atoms. The van der Waals surface area contributed by atoms with Crippen LogP contribution < -0.4 is 5.32 Å². The average Bonchev–Trinajstić information content (AvgIpc) is 3.20. The standard InChI is InChI=1S/C24H26N6O/c1-14-3-2-8-30(14)13-18-9-17-12-25-22(11-21(17)26-18)27-24(31)16-6-7-20-19(10-16)23(29-28-20)15-4-5-15/h6-7,9-12,14-15,26H,2-5,8,13H2,1H3,(H,28,29)(H,25,27,31)/t14-/m0/s1. The van der Waals surface area contributed by atoms with Crippen molar-refractivity contribution in [2.75, 3.05) is 11.9 Å². The van der Waals surface area contributed by atoms with Crippen molar-refractivity contribution < 1.29 is 4.79 Å². The van der Waals surface area contributed by atoms with E-state index in [2.05, 4.69) is 43.4 Å². The summed E-state index contributed by atoms with van der Waals surface area (Å²) in [7, 11) is 0. The number of carbonyl (C=O) groups excluding carboxylic acids is 1. The SMILES string of the molecule is C[C@H]1CCCN1Cc1cc2cnc(NC(=O)c3ccc4n[nH]c(C5CC5)c4c3)cc2[nH]1. The number of amides is 1. The molecule has 1 amide bonds. The van der Waals surface area contributed by atoms with Gasteiger partial charge in [-0.15, -0.1) is 0 Å². The number of aromatic nitrogens is 4. The lowest BCUT2D eigenvalue weighted by molar-refractivity contribution is 0.102. The number of fused-ring (bicyclic) bond motifs is 2. The van der Waals surface area contributed by atoms with E-state index in [0.29, 0.717) is 23.3 Å². The zero-order chi connectivity index (χ0) is 20.9. The molecule has 0 radical (unpaired) electrons. The van der Waals surface area contributed by atoms with Crippen molar-refractivity contribution in [3.63, 3.8) is 0 Å². The van der Waals surface area contributed by atoms with Crippen molar-refractivity contribution in [3.05, 3.63) is 53.5 Å². The van der Waals surface area contributed by atoms with E-state index in [0.717, 1.165) is 40.6 Å². The molecular formula is C24H26N6O. The Morgan fingerprint density at radius 3 is 2.94 bits per heavy atom. The van der Waals surface area contributed by atoms with E-state index >= 15 is 0 Å². The molecule has 7 heteroatoms. The van der Waals surface area contributed by atoms with Gasteiger partial charge in [0.15, 0.2) is 0 Å². The second-order valence-electron chi connectivity index (χ2n) is 9.01. The zero-order valence-electron chi connectivity index (χ0n) is 17.6. The van der Waals surface area contributed by atoms with Gasteiger partial charge in [-0.2, -0.15) is 5.10 Å². The smallest absolute Gasteiger partial charge is 0.256 e. The Kier molecular flexibility index (Phi) is 4.31. The first-order chi connectivity index (χ1) is 15.1. The molecule has 0 bridgehead atoms. The van der Waals surface area contributed by atoms with Gasteiger partial charge >= 0.3 is 0 Å². The third-order valence-corrected chi connectivity index (χ3v) is 6.70. The van der Waals surface area contributed by atoms with E-state index in [4.69, 9.17) is 0 Å². The van der Waals surface area contributed by atoms with Crippen molar-refractivity contribution in [2.45, 2.75) is 51.1 Å². The van der Waals surface area contributed by atoms with Crippen LogP contribution in [-0.2, 0) is 6.54 Å². The normalized spacial score (nSPS) is 19.5. The predicted molar refractivity (Wildman–Crippen MR) is 121 cm³/mol. The van der Waals surface area contributed by atoms with Crippen LogP contribution in [0.2, 0.25) is 0 Å². The number of likely N-dealkylation sites (tertiary alicyclic amines) is 1. The van der Waals surface area contributed by atoms with Crippen molar-refractivity contribution in [1.29, 1.82) is 0 Å². The lowest BCUT2D eigenvalue weighted by Crippen LogP contribution is -2.26. The van der Waals surface area contributed by atoms with Crippen LogP contribution >= 0.6 is 0 Å². The van der Waals surface area contributed by atoms with Crippen LogP contribution in [0.25, 0.3) is 21.8 Å². The van der Waals surface area contributed by atoms with E-state index in [-0.39, 0.29) is 5.91 Å². The molecule has 1 saturated heterocycles. The first-order valence-corrected chi connectivity index (χ1v) is 11.1. The lowest BCUT2D eigenvalue weighted by Gasteiger charge is -2.19. The summed E-state index contributed by atoms with van der Waals surface area (Å²) >= 11 is 0. The molecule has 1 aliphatic heterocycles. The third kappa shape index (κ3) is 3.49. The molecule has 2 fully saturated rings. The summed E-state index contributed by atoms with van der Waals surface area (Å²) in [5.41, 5.74) is 4.85. The first-order valence-electron chi connectivity index (χ1n) is 11.1. The Balaban J connectivity index is 1.22. The summed E-state index contributed by atoms with van der Waals surface area (Å²) in [6.07, 6.45) is 6.73. The lowest BCUT2D eigenvalue weighted by atomic mass is 10.1. The molecule has 31 heavy (non-hydrogen) atoms. The van der Waals surface area contributed by atoms with Crippen molar-refractivity contribution >= 4 is 33.5 Å². The van der Waals surface area contributed by atoms with Gasteiger partial charge in [0.25, 0.3) is 5.91 Å². The highest BCUT2D eigenvalue weighted by Gasteiger charge is 2.27. The third-order valence-electron chi connectivity index (χ3n) is 6.70. The minimum atomic E-state index is -0.158. The maximum atomic E-state index is 12.9. The highest BCUT2D eigenvalue weighted by Crippen LogP contribution is 2.42. The highest BCUT2D eigenvalue weighted by atomic mass is 16.1. The van der Waals surface area contributed by atoms with E-state index < -0.39 is 0 Å². The van der Waals surface area contributed by atoms with Crippen LogP contribution in [-0.4, -0.2) is 43.6 Å². The number of hydrogen-bond donors (Lipinski definition) is 3. The number of carbonyl (C=O) groups is 1.